The average molecular weight is 300 g/mol. The molecule has 1 aromatic carbocycles. The molecule has 0 radical (unpaired) electrons. The molecule has 5 nitrogen and oxygen atoms in total. The number of ether oxygens (including phenoxy) is 2. The molecule has 2 rings (SSSR count). The Balaban J connectivity index is 2.64. The Bertz CT molecular complexity index is 648. The van der Waals surface area contributed by atoms with Gasteiger partial charge in [0.2, 0.25) is 0 Å². The maximum absolute atomic E-state index is 11.4. The van der Waals surface area contributed by atoms with E-state index in [1.807, 2.05) is 27.7 Å². The number of benzene rings is 1. The van der Waals surface area contributed by atoms with Gasteiger partial charge in [-0.05, 0) is 57.4 Å². The van der Waals surface area contributed by atoms with E-state index in [1.165, 1.54) is 6.07 Å². The van der Waals surface area contributed by atoms with Crippen LogP contribution in [0.3, 0.4) is 0 Å². The van der Waals surface area contributed by atoms with Crippen LogP contribution in [0.2, 0.25) is 0 Å². The van der Waals surface area contributed by atoms with Gasteiger partial charge in [0.25, 0.3) is 10.1 Å². The summed E-state index contributed by atoms with van der Waals surface area (Å²) in [5, 5.41) is 0. The minimum absolute atomic E-state index is 0.0902. The Morgan fingerprint density at radius 2 is 1.80 bits per heavy atom. The van der Waals surface area contributed by atoms with E-state index < -0.39 is 21.5 Å². The van der Waals surface area contributed by atoms with Crippen molar-refractivity contribution in [2.24, 2.45) is 0 Å². The van der Waals surface area contributed by atoms with Gasteiger partial charge in [-0.25, -0.2) is 0 Å². The molecular formula is C14H20O5S. The SMILES string of the molecule is Cc1ccc(S(=O)(=O)O)c(C)c1C1(C)COC(C)(C)O1. The third kappa shape index (κ3) is 2.61. The summed E-state index contributed by atoms with van der Waals surface area (Å²) in [5.74, 6) is -0.721. The third-order valence-corrected chi connectivity index (χ3v) is 4.59. The summed E-state index contributed by atoms with van der Waals surface area (Å²) >= 11 is 0. The van der Waals surface area contributed by atoms with E-state index in [4.69, 9.17) is 9.47 Å². The highest BCUT2D eigenvalue weighted by atomic mass is 32.2. The van der Waals surface area contributed by atoms with Crippen molar-refractivity contribution in [1.29, 1.82) is 0 Å². The molecule has 0 aliphatic carbocycles. The van der Waals surface area contributed by atoms with Crippen molar-refractivity contribution >= 4 is 10.1 Å². The largest absolute Gasteiger partial charge is 0.347 e. The second-order valence-electron chi connectivity index (χ2n) is 5.88. The van der Waals surface area contributed by atoms with Crippen molar-refractivity contribution in [3.63, 3.8) is 0 Å². The minimum Gasteiger partial charge on any atom is -0.347 e. The van der Waals surface area contributed by atoms with E-state index in [0.717, 1.165) is 11.1 Å². The number of aryl methyl sites for hydroxylation is 1. The van der Waals surface area contributed by atoms with E-state index >= 15 is 0 Å². The second kappa shape index (κ2) is 4.53. The minimum atomic E-state index is -4.25. The summed E-state index contributed by atoms with van der Waals surface area (Å²) in [5.41, 5.74) is 1.41. The summed E-state index contributed by atoms with van der Waals surface area (Å²) in [6.45, 7) is 9.38. The van der Waals surface area contributed by atoms with Crippen molar-refractivity contribution in [3.8, 4) is 0 Å². The Labute approximate surface area is 119 Å². The van der Waals surface area contributed by atoms with E-state index in [2.05, 4.69) is 0 Å². The molecule has 1 N–H and O–H groups in total. The maximum atomic E-state index is 11.4. The van der Waals surface area contributed by atoms with Crippen LogP contribution in [0.15, 0.2) is 17.0 Å². The van der Waals surface area contributed by atoms with Gasteiger partial charge < -0.3 is 9.47 Å². The summed E-state index contributed by atoms with van der Waals surface area (Å²) in [6.07, 6.45) is 0. The van der Waals surface area contributed by atoms with Gasteiger partial charge in [0.1, 0.15) is 5.60 Å². The maximum Gasteiger partial charge on any atom is 0.294 e. The quantitative estimate of drug-likeness (QED) is 0.850. The van der Waals surface area contributed by atoms with E-state index in [-0.39, 0.29) is 4.90 Å². The van der Waals surface area contributed by atoms with E-state index in [0.29, 0.717) is 12.2 Å². The van der Waals surface area contributed by atoms with Gasteiger partial charge in [-0.15, -0.1) is 0 Å². The molecule has 0 amide bonds. The van der Waals surface area contributed by atoms with E-state index in [9.17, 15) is 13.0 Å². The van der Waals surface area contributed by atoms with Crippen LogP contribution in [0.4, 0.5) is 0 Å². The molecule has 0 aromatic heterocycles. The average Bonchev–Trinajstić information content (AvgIpc) is 2.51. The Kier molecular flexibility index (Phi) is 3.49. The predicted molar refractivity (Wildman–Crippen MR) is 74.2 cm³/mol. The molecule has 1 aliphatic heterocycles. The Hall–Kier alpha value is -0.950. The fraction of sp³-hybridized carbons (Fsp3) is 0.571. The topological polar surface area (TPSA) is 72.8 Å². The molecule has 20 heavy (non-hydrogen) atoms. The number of hydrogen-bond donors (Lipinski definition) is 1. The zero-order valence-electron chi connectivity index (χ0n) is 12.4. The molecule has 0 spiro atoms. The van der Waals surface area contributed by atoms with Gasteiger partial charge in [-0.1, -0.05) is 6.07 Å². The van der Waals surface area contributed by atoms with Crippen molar-refractivity contribution in [1.82, 2.24) is 0 Å². The molecule has 1 heterocycles. The first-order valence-electron chi connectivity index (χ1n) is 6.39. The summed E-state index contributed by atoms with van der Waals surface area (Å²) < 4.78 is 43.8. The summed E-state index contributed by atoms with van der Waals surface area (Å²) in [6, 6.07) is 3.08. The van der Waals surface area contributed by atoms with Gasteiger partial charge in [0.05, 0.1) is 11.5 Å². The zero-order valence-corrected chi connectivity index (χ0v) is 13.2. The predicted octanol–water partition coefficient (Wildman–Crippen LogP) is 2.55. The molecule has 1 unspecified atom stereocenters. The highest BCUT2D eigenvalue weighted by molar-refractivity contribution is 7.85. The smallest absolute Gasteiger partial charge is 0.294 e. The van der Waals surface area contributed by atoms with Crippen molar-refractivity contribution < 1.29 is 22.4 Å². The first-order chi connectivity index (χ1) is 8.96. The molecule has 1 aromatic rings. The molecule has 0 bridgehead atoms. The summed E-state index contributed by atoms with van der Waals surface area (Å²) in [7, 11) is -4.25. The Morgan fingerprint density at radius 3 is 2.25 bits per heavy atom. The highest BCUT2D eigenvalue weighted by Crippen LogP contribution is 2.42. The van der Waals surface area contributed by atoms with Gasteiger partial charge in [-0.3, -0.25) is 4.55 Å². The lowest BCUT2D eigenvalue weighted by Gasteiger charge is -2.29. The lowest BCUT2D eigenvalue weighted by atomic mass is 9.88. The van der Waals surface area contributed by atoms with E-state index in [1.54, 1.807) is 13.0 Å². The first-order valence-corrected chi connectivity index (χ1v) is 7.83. The van der Waals surface area contributed by atoms with Crippen LogP contribution < -0.4 is 0 Å². The highest BCUT2D eigenvalue weighted by Gasteiger charge is 2.45. The molecule has 1 fully saturated rings. The van der Waals surface area contributed by atoms with Crippen LogP contribution in [-0.4, -0.2) is 25.4 Å². The van der Waals surface area contributed by atoms with Gasteiger partial charge in [0.15, 0.2) is 5.79 Å². The van der Waals surface area contributed by atoms with Crippen LogP contribution in [0.25, 0.3) is 0 Å². The van der Waals surface area contributed by atoms with Crippen LogP contribution >= 0.6 is 0 Å². The fourth-order valence-electron chi connectivity index (χ4n) is 2.96. The lowest BCUT2D eigenvalue weighted by Crippen LogP contribution is -2.30. The van der Waals surface area contributed by atoms with Crippen LogP contribution in [-0.2, 0) is 25.2 Å². The monoisotopic (exact) mass is 300 g/mol. The van der Waals surface area contributed by atoms with Crippen LogP contribution in [0, 0.1) is 13.8 Å². The van der Waals surface area contributed by atoms with Gasteiger partial charge >= 0.3 is 0 Å². The molecular weight excluding hydrogens is 280 g/mol. The first kappa shape index (κ1) is 15.4. The van der Waals surface area contributed by atoms with Crippen molar-refractivity contribution in [2.45, 2.75) is 50.9 Å². The van der Waals surface area contributed by atoms with Crippen molar-refractivity contribution in [2.75, 3.05) is 6.61 Å². The standard InChI is InChI=1S/C14H20O5S/c1-9-6-7-11(20(15,16)17)10(2)12(9)14(5)8-18-13(3,4)19-14/h6-7H,8H2,1-5H3,(H,15,16,17). The summed E-state index contributed by atoms with van der Waals surface area (Å²) in [4.78, 5) is -0.0902. The molecule has 1 atom stereocenters. The number of rotatable bonds is 2. The zero-order chi connectivity index (χ0) is 15.3. The molecule has 6 heteroatoms. The van der Waals surface area contributed by atoms with Gasteiger partial charge in [0, 0.05) is 0 Å². The third-order valence-electron chi connectivity index (χ3n) is 3.60. The molecule has 0 saturated carbocycles. The van der Waals surface area contributed by atoms with Crippen molar-refractivity contribution in [3.05, 3.63) is 28.8 Å². The molecule has 112 valence electrons. The fourth-order valence-corrected chi connectivity index (χ4v) is 3.69. The lowest BCUT2D eigenvalue weighted by molar-refractivity contribution is -0.159. The number of hydrogen-bond acceptors (Lipinski definition) is 4. The van der Waals surface area contributed by atoms with Gasteiger partial charge in [-0.2, -0.15) is 8.42 Å². The molecule has 1 aliphatic rings. The van der Waals surface area contributed by atoms with Crippen LogP contribution in [0.5, 0.6) is 0 Å². The van der Waals surface area contributed by atoms with Crippen LogP contribution in [0.1, 0.15) is 37.5 Å². The normalized spacial score (nSPS) is 25.9. The molecule has 1 saturated heterocycles. The Morgan fingerprint density at radius 1 is 1.20 bits per heavy atom. The second-order valence-corrected chi connectivity index (χ2v) is 7.27.